The molecule has 6 aromatic carbocycles. The number of nitrogens with zero attached hydrogens (tertiary/aromatic N) is 2. The largest absolute Gasteiger partial charge is 0.333 e. The Morgan fingerprint density at radius 1 is 0.489 bits per heavy atom. The highest BCUT2D eigenvalue weighted by Crippen LogP contribution is 2.49. The van der Waals surface area contributed by atoms with Gasteiger partial charge in [0.25, 0.3) is 0 Å². The summed E-state index contributed by atoms with van der Waals surface area (Å²) in [5.74, 6) is 0.303. The van der Waals surface area contributed by atoms with Crippen molar-refractivity contribution in [1.29, 1.82) is 0 Å². The Balaban J connectivity index is 1.17. The molecule has 0 spiro atoms. The van der Waals surface area contributed by atoms with Crippen LogP contribution in [0, 0.1) is 6.92 Å². The zero-order valence-corrected chi connectivity index (χ0v) is 25.1. The zero-order chi connectivity index (χ0) is 29.9. The van der Waals surface area contributed by atoms with Crippen LogP contribution in [0.1, 0.15) is 17.0 Å². The second-order valence-electron chi connectivity index (χ2n) is 12.3. The number of aromatic nitrogens is 1. The molecule has 2 aliphatic rings. The average molecular weight is 577 g/mol. The Kier molecular flexibility index (Phi) is 5.89. The van der Waals surface area contributed by atoms with Gasteiger partial charge >= 0.3 is 0 Å². The topological polar surface area (TPSA) is 8.17 Å². The predicted octanol–water partition coefficient (Wildman–Crippen LogP) is 11.2. The quantitative estimate of drug-likeness (QED) is 0.202. The van der Waals surface area contributed by atoms with Crippen molar-refractivity contribution < 1.29 is 0 Å². The van der Waals surface area contributed by atoms with Crippen molar-refractivity contribution in [2.45, 2.75) is 18.9 Å². The van der Waals surface area contributed by atoms with Gasteiger partial charge in [0.15, 0.2) is 0 Å². The van der Waals surface area contributed by atoms with Crippen molar-refractivity contribution in [2.24, 2.45) is 0 Å². The Morgan fingerprint density at radius 3 is 1.98 bits per heavy atom. The van der Waals surface area contributed by atoms with Crippen LogP contribution in [0.5, 0.6) is 0 Å². The van der Waals surface area contributed by atoms with Gasteiger partial charge in [-0.15, -0.1) is 0 Å². The van der Waals surface area contributed by atoms with Gasteiger partial charge in [-0.3, -0.25) is 0 Å². The van der Waals surface area contributed by atoms with E-state index in [1.54, 1.807) is 0 Å². The van der Waals surface area contributed by atoms with Crippen molar-refractivity contribution in [3.63, 3.8) is 0 Å². The van der Waals surface area contributed by atoms with Gasteiger partial charge < -0.3 is 9.47 Å². The molecule has 1 aromatic heterocycles. The Hall–Kier alpha value is -5.60. The molecule has 0 bridgehead atoms. The molecule has 45 heavy (non-hydrogen) atoms. The molecule has 7 aromatic rings. The molecule has 214 valence electrons. The summed E-state index contributed by atoms with van der Waals surface area (Å²) in [5, 5.41) is 2.58. The number of hydrogen-bond acceptors (Lipinski definition) is 1. The van der Waals surface area contributed by atoms with E-state index in [0.717, 1.165) is 0 Å². The van der Waals surface area contributed by atoms with E-state index in [2.05, 4.69) is 180 Å². The normalized spacial score (nSPS) is 16.8. The lowest BCUT2D eigenvalue weighted by molar-refractivity contribution is 0.745. The fourth-order valence-electron chi connectivity index (χ4n) is 7.46. The molecule has 2 atom stereocenters. The number of benzene rings is 6. The van der Waals surface area contributed by atoms with Crippen molar-refractivity contribution in [3.05, 3.63) is 175 Å². The van der Waals surface area contributed by atoms with Crippen molar-refractivity contribution in [2.75, 3.05) is 4.90 Å². The third kappa shape index (κ3) is 4.17. The molecule has 0 radical (unpaired) electrons. The van der Waals surface area contributed by atoms with Gasteiger partial charge in [0, 0.05) is 33.8 Å². The molecule has 9 rings (SSSR count). The minimum absolute atomic E-state index is 0.251. The van der Waals surface area contributed by atoms with E-state index in [1.807, 2.05) is 0 Å². The standard InChI is InChI=1S/C43H32N2/c1-29-19-22-41-37(25-29)39-28-33(21-24-43(39)44(41)34-14-6-3-7-15-34)32-20-23-42-38(27-32)36-17-8-9-18-40(36)45(42)35-16-10-13-31(26-35)30-11-4-2-5-12-30/h2-28,36,40H,1H3. The van der Waals surface area contributed by atoms with Crippen LogP contribution in [0.4, 0.5) is 11.4 Å². The highest BCUT2D eigenvalue weighted by molar-refractivity contribution is 6.10. The molecule has 1 aliphatic carbocycles. The molecule has 0 saturated heterocycles. The zero-order valence-electron chi connectivity index (χ0n) is 25.1. The first-order valence-electron chi connectivity index (χ1n) is 15.8. The first-order chi connectivity index (χ1) is 22.2. The molecule has 0 amide bonds. The first-order valence-corrected chi connectivity index (χ1v) is 15.8. The van der Waals surface area contributed by atoms with E-state index >= 15 is 0 Å². The summed E-state index contributed by atoms with van der Waals surface area (Å²) >= 11 is 0. The van der Waals surface area contributed by atoms with Crippen molar-refractivity contribution in [3.8, 4) is 27.9 Å². The van der Waals surface area contributed by atoms with E-state index in [-0.39, 0.29) is 6.04 Å². The van der Waals surface area contributed by atoms with Crippen LogP contribution >= 0.6 is 0 Å². The molecule has 0 fully saturated rings. The highest BCUT2D eigenvalue weighted by atomic mass is 15.2. The summed E-state index contributed by atoms with van der Waals surface area (Å²) in [4.78, 5) is 2.52. The van der Waals surface area contributed by atoms with Crippen LogP contribution < -0.4 is 4.90 Å². The lowest BCUT2D eigenvalue weighted by Gasteiger charge is -2.29. The molecule has 2 heterocycles. The minimum atomic E-state index is 0.251. The molecule has 2 nitrogen and oxygen atoms in total. The maximum atomic E-state index is 2.52. The van der Waals surface area contributed by atoms with Crippen molar-refractivity contribution >= 4 is 33.2 Å². The molecule has 2 unspecified atom stereocenters. The summed E-state index contributed by atoms with van der Waals surface area (Å²) < 4.78 is 2.39. The molecular formula is C43H32N2. The van der Waals surface area contributed by atoms with Crippen LogP contribution in [0.2, 0.25) is 0 Å². The third-order valence-electron chi connectivity index (χ3n) is 9.55. The fraction of sp³-hybridized carbons (Fsp3) is 0.0698. The second-order valence-corrected chi connectivity index (χ2v) is 12.3. The lowest BCUT2D eigenvalue weighted by atomic mass is 9.89. The molecule has 2 heteroatoms. The van der Waals surface area contributed by atoms with Crippen LogP contribution in [0.15, 0.2) is 164 Å². The lowest BCUT2D eigenvalue weighted by Crippen LogP contribution is -2.28. The number of fused-ring (bicyclic) bond motifs is 6. The smallest absolute Gasteiger partial charge is 0.0629 e. The number of para-hydroxylation sites is 1. The van der Waals surface area contributed by atoms with E-state index < -0.39 is 0 Å². The summed E-state index contributed by atoms with van der Waals surface area (Å²) in [6, 6.07) is 51.4. The monoisotopic (exact) mass is 576 g/mol. The van der Waals surface area contributed by atoms with Gasteiger partial charge in [-0.05, 0) is 95.4 Å². The predicted molar refractivity (Wildman–Crippen MR) is 190 cm³/mol. The summed E-state index contributed by atoms with van der Waals surface area (Å²) in [6.45, 7) is 2.18. The molecular weight excluding hydrogens is 544 g/mol. The fourth-order valence-corrected chi connectivity index (χ4v) is 7.46. The minimum Gasteiger partial charge on any atom is -0.333 e. The SMILES string of the molecule is Cc1ccc2c(c1)c1cc(-c3ccc4c(c3)C3C=CC=CC3N4c3cccc(-c4ccccc4)c3)ccc1n2-c1ccccc1. The average Bonchev–Trinajstić information content (AvgIpc) is 3.61. The summed E-state index contributed by atoms with van der Waals surface area (Å²) in [6.07, 6.45) is 9.12. The number of allylic oxidation sites excluding steroid dienone is 2. The number of anilines is 2. The highest BCUT2D eigenvalue weighted by Gasteiger charge is 2.37. The van der Waals surface area contributed by atoms with E-state index in [9.17, 15) is 0 Å². The van der Waals surface area contributed by atoms with Gasteiger partial charge in [-0.2, -0.15) is 0 Å². The van der Waals surface area contributed by atoms with Gasteiger partial charge in [0.05, 0.1) is 17.1 Å². The van der Waals surface area contributed by atoms with E-state index in [4.69, 9.17) is 0 Å². The molecule has 1 aliphatic heterocycles. The molecule has 0 saturated carbocycles. The van der Waals surface area contributed by atoms with Crippen LogP contribution in [0.25, 0.3) is 49.7 Å². The van der Waals surface area contributed by atoms with Gasteiger partial charge in [0.1, 0.15) is 0 Å². The number of rotatable bonds is 4. The van der Waals surface area contributed by atoms with Crippen LogP contribution in [-0.2, 0) is 0 Å². The second kappa shape index (κ2) is 10.2. The van der Waals surface area contributed by atoms with Gasteiger partial charge in [-0.25, -0.2) is 0 Å². The third-order valence-corrected chi connectivity index (χ3v) is 9.55. The van der Waals surface area contributed by atoms with E-state index in [1.165, 1.54) is 72.2 Å². The van der Waals surface area contributed by atoms with E-state index in [0.29, 0.717) is 5.92 Å². The van der Waals surface area contributed by atoms with Gasteiger partial charge in [-0.1, -0.05) is 109 Å². The number of hydrogen-bond donors (Lipinski definition) is 0. The Bertz CT molecular complexity index is 2290. The maximum Gasteiger partial charge on any atom is 0.0629 e. The maximum absolute atomic E-state index is 2.52. The number of aryl methyl sites for hydroxylation is 1. The summed E-state index contributed by atoms with van der Waals surface area (Å²) in [7, 11) is 0. The van der Waals surface area contributed by atoms with Crippen LogP contribution in [-0.4, -0.2) is 10.6 Å². The van der Waals surface area contributed by atoms with Crippen molar-refractivity contribution in [1.82, 2.24) is 4.57 Å². The first kappa shape index (κ1) is 25.9. The summed E-state index contributed by atoms with van der Waals surface area (Å²) in [5.41, 5.74) is 13.8. The Morgan fingerprint density at radius 2 is 1.13 bits per heavy atom. The molecule has 0 N–H and O–H groups in total. The van der Waals surface area contributed by atoms with Crippen LogP contribution in [0.3, 0.4) is 0 Å². The van der Waals surface area contributed by atoms with Gasteiger partial charge in [0.2, 0.25) is 0 Å². The Labute approximate surface area is 263 Å².